The number of rotatable bonds is 0. The molecule has 0 aromatic heterocycles. The summed E-state index contributed by atoms with van der Waals surface area (Å²) in [6.45, 7) is 0.285. The zero-order valence-electron chi connectivity index (χ0n) is 4.90. The molecule has 1 rings (SSSR count). The van der Waals surface area contributed by atoms with Crippen molar-refractivity contribution in [2.45, 2.75) is 0 Å². The second-order valence-electron chi connectivity index (χ2n) is 1.63. The first-order chi connectivity index (χ1) is 4.70. The van der Waals surface area contributed by atoms with E-state index in [1.54, 1.807) is 10.1 Å². The lowest BCUT2D eigenvalue weighted by Gasteiger charge is -2.06. The molecule has 0 bridgehead atoms. The van der Waals surface area contributed by atoms with Gasteiger partial charge in [0.2, 0.25) is 6.67 Å². The van der Waals surface area contributed by atoms with E-state index in [1.807, 2.05) is 0 Å². The first-order valence-corrected chi connectivity index (χ1v) is 3.20. The molecule has 0 aliphatic carbocycles. The number of nitro groups is 1. The highest BCUT2D eigenvalue weighted by molar-refractivity contribution is 9.07. The summed E-state index contributed by atoms with van der Waals surface area (Å²) in [6, 6.07) is 0. The lowest BCUT2D eigenvalue weighted by atomic mass is 10.5. The van der Waals surface area contributed by atoms with Crippen molar-refractivity contribution < 1.29 is 4.92 Å². The van der Waals surface area contributed by atoms with Crippen LogP contribution in [-0.2, 0) is 0 Å². The average molecular weight is 206 g/mol. The van der Waals surface area contributed by atoms with Gasteiger partial charge in [0.25, 0.3) is 0 Å². The van der Waals surface area contributed by atoms with Crippen molar-refractivity contribution >= 4 is 22.0 Å². The SMILES string of the molecule is O=[N+]([O-])C1=NCN(Br)C=C1. The molecule has 0 N–H and O–H groups in total. The van der Waals surface area contributed by atoms with E-state index in [1.165, 1.54) is 6.08 Å². The smallest absolute Gasteiger partial charge is 0.358 e. The molecule has 5 nitrogen and oxygen atoms in total. The van der Waals surface area contributed by atoms with E-state index in [2.05, 4.69) is 21.1 Å². The van der Waals surface area contributed by atoms with Gasteiger partial charge in [0.05, 0.1) is 22.2 Å². The first kappa shape index (κ1) is 7.20. The maximum atomic E-state index is 10.1. The van der Waals surface area contributed by atoms with E-state index in [0.29, 0.717) is 0 Å². The molecule has 0 aromatic carbocycles. The first-order valence-electron chi connectivity index (χ1n) is 2.49. The molecule has 1 aliphatic heterocycles. The van der Waals surface area contributed by atoms with Gasteiger partial charge in [-0.2, -0.15) is 0 Å². The molecule has 0 spiro atoms. The molecular formula is C4H4BrN3O2. The molecule has 0 unspecified atom stereocenters. The summed E-state index contributed by atoms with van der Waals surface area (Å²) in [5.74, 6) is -0.101. The van der Waals surface area contributed by atoms with Crippen LogP contribution in [0.3, 0.4) is 0 Å². The Morgan fingerprint density at radius 3 is 3.00 bits per heavy atom. The normalized spacial score (nSPS) is 16.9. The second-order valence-corrected chi connectivity index (χ2v) is 2.54. The van der Waals surface area contributed by atoms with Crippen molar-refractivity contribution in [2.75, 3.05) is 6.67 Å². The van der Waals surface area contributed by atoms with Crippen LogP contribution in [0.2, 0.25) is 0 Å². The molecule has 0 fully saturated rings. The van der Waals surface area contributed by atoms with Gasteiger partial charge in [-0.25, -0.2) is 0 Å². The standard InChI is InChI=1S/C4H4BrN3O2/c5-7-2-1-4(6-3-7)8(9)10/h1-2H,3H2. The van der Waals surface area contributed by atoms with Gasteiger partial charge in [-0.1, -0.05) is 4.99 Å². The van der Waals surface area contributed by atoms with E-state index in [9.17, 15) is 10.1 Å². The van der Waals surface area contributed by atoms with E-state index in [4.69, 9.17) is 0 Å². The lowest BCUT2D eigenvalue weighted by Crippen LogP contribution is -2.17. The highest BCUT2D eigenvalue weighted by atomic mass is 79.9. The maximum Gasteiger partial charge on any atom is 0.361 e. The number of hydrogen-bond acceptors (Lipinski definition) is 4. The fourth-order valence-corrected chi connectivity index (χ4v) is 0.736. The van der Waals surface area contributed by atoms with Crippen molar-refractivity contribution in [2.24, 2.45) is 4.99 Å². The summed E-state index contributed by atoms with van der Waals surface area (Å²) in [4.78, 5) is 13.2. The van der Waals surface area contributed by atoms with Gasteiger partial charge in [0.15, 0.2) is 0 Å². The fourth-order valence-electron chi connectivity index (χ4n) is 0.506. The van der Waals surface area contributed by atoms with E-state index in [-0.39, 0.29) is 12.5 Å². The highest BCUT2D eigenvalue weighted by Gasteiger charge is 2.12. The molecule has 1 aliphatic rings. The van der Waals surface area contributed by atoms with E-state index >= 15 is 0 Å². The summed E-state index contributed by atoms with van der Waals surface area (Å²) in [6.07, 6.45) is 2.88. The van der Waals surface area contributed by atoms with Crippen molar-refractivity contribution in [3.05, 3.63) is 22.4 Å². The molecule has 0 radical (unpaired) electrons. The summed E-state index contributed by atoms with van der Waals surface area (Å²) in [5, 5.41) is 10.1. The van der Waals surface area contributed by atoms with Gasteiger partial charge in [-0.05, 0) is 4.92 Å². The molecular weight excluding hydrogens is 202 g/mol. The van der Waals surface area contributed by atoms with Crippen LogP contribution in [0.15, 0.2) is 17.3 Å². The van der Waals surface area contributed by atoms with Crippen LogP contribution < -0.4 is 0 Å². The van der Waals surface area contributed by atoms with Gasteiger partial charge < -0.3 is 10.1 Å². The Balaban J connectivity index is 2.67. The van der Waals surface area contributed by atoms with Crippen molar-refractivity contribution in [1.29, 1.82) is 0 Å². The average Bonchev–Trinajstić information content (AvgIpc) is 1.88. The Hall–Kier alpha value is -0.910. The monoisotopic (exact) mass is 205 g/mol. The second kappa shape index (κ2) is 2.78. The van der Waals surface area contributed by atoms with Crippen LogP contribution in [0.1, 0.15) is 0 Å². The zero-order chi connectivity index (χ0) is 7.56. The summed E-state index contributed by atoms with van der Waals surface area (Å²) in [5.41, 5.74) is 0. The molecule has 0 amide bonds. The minimum absolute atomic E-state index is 0.101. The third-order valence-corrected chi connectivity index (χ3v) is 1.40. The number of amidine groups is 1. The fraction of sp³-hybridized carbons (Fsp3) is 0.250. The van der Waals surface area contributed by atoms with Crippen molar-refractivity contribution in [1.82, 2.24) is 3.93 Å². The number of aliphatic imine (C=N–C) groups is 1. The van der Waals surface area contributed by atoms with Crippen molar-refractivity contribution in [3.8, 4) is 0 Å². The Morgan fingerprint density at radius 2 is 2.60 bits per heavy atom. The summed E-state index contributed by atoms with van der Waals surface area (Å²) < 4.78 is 1.57. The molecule has 1 heterocycles. The third kappa shape index (κ3) is 1.53. The largest absolute Gasteiger partial charge is 0.361 e. The molecule has 0 aromatic rings. The highest BCUT2D eigenvalue weighted by Crippen LogP contribution is 2.04. The topological polar surface area (TPSA) is 58.7 Å². The molecule has 0 saturated carbocycles. The van der Waals surface area contributed by atoms with Gasteiger partial charge in [0, 0.05) is 6.20 Å². The van der Waals surface area contributed by atoms with Crippen LogP contribution in [0.4, 0.5) is 0 Å². The lowest BCUT2D eigenvalue weighted by molar-refractivity contribution is -0.348. The maximum absolute atomic E-state index is 10.1. The predicted octanol–water partition coefficient (Wildman–Crippen LogP) is 0.758. The Labute approximate surface area is 65.5 Å². The van der Waals surface area contributed by atoms with Crippen LogP contribution in [0.5, 0.6) is 0 Å². The minimum Gasteiger partial charge on any atom is -0.358 e. The third-order valence-electron chi connectivity index (χ3n) is 0.940. The molecule has 0 saturated heterocycles. The Morgan fingerprint density at radius 1 is 1.90 bits per heavy atom. The Kier molecular flexibility index (Phi) is 2.00. The van der Waals surface area contributed by atoms with Gasteiger partial charge in [-0.3, -0.25) is 3.93 Å². The van der Waals surface area contributed by atoms with Crippen LogP contribution >= 0.6 is 16.1 Å². The molecule has 6 heteroatoms. The van der Waals surface area contributed by atoms with E-state index in [0.717, 1.165) is 0 Å². The minimum atomic E-state index is -0.517. The van der Waals surface area contributed by atoms with E-state index < -0.39 is 4.92 Å². The van der Waals surface area contributed by atoms with Crippen LogP contribution in [-0.4, -0.2) is 21.4 Å². The van der Waals surface area contributed by atoms with Gasteiger partial charge >= 0.3 is 5.84 Å². The molecule has 10 heavy (non-hydrogen) atoms. The number of halogens is 1. The number of hydrogen-bond donors (Lipinski definition) is 0. The summed E-state index contributed by atoms with van der Waals surface area (Å²) in [7, 11) is 0. The quantitative estimate of drug-likeness (QED) is 0.334. The van der Waals surface area contributed by atoms with Crippen LogP contribution in [0, 0.1) is 10.1 Å². The number of nitrogens with zero attached hydrogens (tertiary/aromatic N) is 3. The zero-order valence-corrected chi connectivity index (χ0v) is 6.48. The molecule has 54 valence electrons. The van der Waals surface area contributed by atoms with Gasteiger partial charge in [-0.15, -0.1) is 0 Å². The predicted molar refractivity (Wildman–Crippen MR) is 39.2 cm³/mol. The summed E-state index contributed by atoms with van der Waals surface area (Å²) >= 11 is 3.08. The Bertz CT molecular complexity index is 213. The van der Waals surface area contributed by atoms with Gasteiger partial charge in [0.1, 0.15) is 0 Å². The van der Waals surface area contributed by atoms with Crippen LogP contribution in [0.25, 0.3) is 0 Å². The van der Waals surface area contributed by atoms with Crippen molar-refractivity contribution in [3.63, 3.8) is 0 Å². The molecule has 0 atom stereocenters.